The summed E-state index contributed by atoms with van der Waals surface area (Å²) in [6.45, 7) is 3.77. The van der Waals surface area contributed by atoms with E-state index >= 15 is 0 Å². The third-order valence-electron chi connectivity index (χ3n) is 2.15. The monoisotopic (exact) mass is 264 g/mol. The van der Waals surface area contributed by atoms with Gasteiger partial charge in [-0.15, -0.1) is 0 Å². The standard InChI is InChI=1S/C14H17FN2O2/c1-10(2)19-14(18)17-9-12-8-11(4-3-7-16)5-6-13(12)15/h5-6,8,10H,7,9,16H2,1-2H3,(H,17,18). The molecular formula is C14H17FN2O2. The third kappa shape index (κ3) is 5.40. The first-order chi connectivity index (χ1) is 9.02. The van der Waals surface area contributed by atoms with Crippen molar-refractivity contribution in [3.63, 3.8) is 0 Å². The van der Waals surface area contributed by atoms with Gasteiger partial charge < -0.3 is 15.8 Å². The second kappa shape index (κ2) is 7.39. The van der Waals surface area contributed by atoms with Gasteiger partial charge in [-0.3, -0.25) is 0 Å². The lowest BCUT2D eigenvalue weighted by atomic mass is 10.1. The van der Waals surface area contributed by atoms with Crippen LogP contribution in [0.15, 0.2) is 18.2 Å². The van der Waals surface area contributed by atoms with Crippen molar-refractivity contribution in [2.45, 2.75) is 26.5 Å². The molecule has 0 radical (unpaired) electrons. The lowest BCUT2D eigenvalue weighted by molar-refractivity contribution is 0.115. The van der Waals surface area contributed by atoms with Crippen LogP contribution in [0.2, 0.25) is 0 Å². The molecule has 1 aromatic carbocycles. The van der Waals surface area contributed by atoms with Crippen LogP contribution in [0.4, 0.5) is 9.18 Å². The normalized spacial score (nSPS) is 9.74. The van der Waals surface area contributed by atoms with E-state index in [2.05, 4.69) is 17.2 Å². The zero-order valence-electron chi connectivity index (χ0n) is 11.0. The Hall–Kier alpha value is -2.06. The van der Waals surface area contributed by atoms with E-state index in [1.165, 1.54) is 6.07 Å². The molecule has 5 heteroatoms. The lowest BCUT2D eigenvalue weighted by Crippen LogP contribution is -2.26. The van der Waals surface area contributed by atoms with Crippen LogP contribution in [0, 0.1) is 17.7 Å². The maximum atomic E-state index is 13.5. The highest BCUT2D eigenvalue weighted by Crippen LogP contribution is 2.10. The quantitative estimate of drug-likeness (QED) is 0.818. The molecule has 3 N–H and O–H groups in total. The van der Waals surface area contributed by atoms with Gasteiger partial charge in [0.1, 0.15) is 5.82 Å². The summed E-state index contributed by atoms with van der Waals surface area (Å²) < 4.78 is 18.4. The largest absolute Gasteiger partial charge is 0.447 e. The SMILES string of the molecule is CC(C)OC(=O)NCc1cc(C#CCN)ccc1F. The van der Waals surface area contributed by atoms with Crippen molar-refractivity contribution in [2.75, 3.05) is 6.54 Å². The Morgan fingerprint density at radius 1 is 1.53 bits per heavy atom. The molecule has 0 fully saturated rings. The molecule has 4 nitrogen and oxygen atoms in total. The highest BCUT2D eigenvalue weighted by molar-refractivity contribution is 5.67. The van der Waals surface area contributed by atoms with Crippen LogP contribution in [0.25, 0.3) is 0 Å². The summed E-state index contributed by atoms with van der Waals surface area (Å²) in [7, 11) is 0. The average molecular weight is 264 g/mol. The Bertz CT molecular complexity index is 504. The molecule has 0 bridgehead atoms. The molecule has 19 heavy (non-hydrogen) atoms. The van der Waals surface area contributed by atoms with Crippen molar-refractivity contribution >= 4 is 6.09 Å². The van der Waals surface area contributed by atoms with Crippen LogP contribution in [0.5, 0.6) is 0 Å². The Labute approximate surface area is 112 Å². The lowest BCUT2D eigenvalue weighted by Gasteiger charge is -2.10. The summed E-state index contributed by atoms with van der Waals surface area (Å²) in [5.41, 5.74) is 6.27. The predicted molar refractivity (Wildman–Crippen MR) is 70.8 cm³/mol. The number of nitrogens with two attached hydrogens (primary N) is 1. The molecule has 0 aliphatic carbocycles. The number of hydrogen-bond acceptors (Lipinski definition) is 3. The zero-order valence-corrected chi connectivity index (χ0v) is 11.0. The van der Waals surface area contributed by atoms with Gasteiger partial charge in [0.15, 0.2) is 0 Å². The topological polar surface area (TPSA) is 64.3 Å². The summed E-state index contributed by atoms with van der Waals surface area (Å²) in [6.07, 6.45) is -0.792. The van der Waals surface area contributed by atoms with Crippen molar-refractivity contribution in [3.05, 3.63) is 35.1 Å². The van der Waals surface area contributed by atoms with E-state index in [0.717, 1.165) is 0 Å². The number of halogens is 1. The van der Waals surface area contributed by atoms with Gasteiger partial charge in [-0.2, -0.15) is 0 Å². The minimum absolute atomic E-state index is 0.0511. The van der Waals surface area contributed by atoms with E-state index in [-0.39, 0.29) is 19.2 Å². The van der Waals surface area contributed by atoms with Gasteiger partial charge in [0, 0.05) is 17.7 Å². The molecule has 0 aromatic heterocycles. The van der Waals surface area contributed by atoms with E-state index in [1.54, 1.807) is 26.0 Å². The Morgan fingerprint density at radius 2 is 2.26 bits per heavy atom. The molecule has 0 saturated heterocycles. The van der Waals surface area contributed by atoms with Crippen molar-refractivity contribution in [1.29, 1.82) is 0 Å². The van der Waals surface area contributed by atoms with Gasteiger partial charge in [-0.05, 0) is 32.0 Å². The van der Waals surface area contributed by atoms with Gasteiger partial charge in [-0.1, -0.05) is 11.8 Å². The number of hydrogen-bond donors (Lipinski definition) is 2. The first kappa shape index (κ1) is 15.0. The van der Waals surface area contributed by atoms with Crippen LogP contribution < -0.4 is 11.1 Å². The van der Waals surface area contributed by atoms with Crippen LogP contribution >= 0.6 is 0 Å². The van der Waals surface area contributed by atoms with Crippen LogP contribution in [-0.4, -0.2) is 18.7 Å². The van der Waals surface area contributed by atoms with E-state index in [4.69, 9.17) is 10.5 Å². The summed E-state index contributed by atoms with van der Waals surface area (Å²) >= 11 is 0. The number of carbonyl (C=O) groups is 1. The molecule has 0 atom stereocenters. The van der Waals surface area contributed by atoms with Crippen molar-refractivity contribution in [2.24, 2.45) is 5.73 Å². The number of amides is 1. The number of carbonyl (C=O) groups excluding carboxylic acids is 1. The summed E-state index contributed by atoms with van der Waals surface area (Å²) in [5, 5.41) is 2.48. The summed E-state index contributed by atoms with van der Waals surface area (Å²) in [6, 6.07) is 4.45. The van der Waals surface area contributed by atoms with Crippen molar-refractivity contribution in [3.8, 4) is 11.8 Å². The van der Waals surface area contributed by atoms with E-state index in [0.29, 0.717) is 11.1 Å². The summed E-state index contributed by atoms with van der Waals surface area (Å²) in [5.74, 6) is 5.09. The molecule has 1 aromatic rings. The Morgan fingerprint density at radius 3 is 2.89 bits per heavy atom. The first-order valence-electron chi connectivity index (χ1n) is 5.94. The highest BCUT2D eigenvalue weighted by Gasteiger charge is 2.07. The van der Waals surface area contributed by atoms with E-state index < -0.39 is 11.9 Å². The Balaban J connectivity index is 2.69. The fourth-order valence-corrected chi connectivity index (χ4v) is 1.36. The minimum atomic E-state index is -0.576. The molecule has 1 rings (SSSR count). The molecule has 0 aliphatic rings. The maximum Gasteiger partial charge on any atom is 0.407 e. The third-order valence-corrected chi connectivity index (χ3v) is 2.15. The van der Waals surface area contributed by atoms with Gasteiger partial charge in [0.25, 0.3) is 0 Å². The molecule has 0 unspecified atom stereocenters. The fourth-order valence-electron chi connectivity index (χ4n) is 1.36. The molecular weight excluding hydrogens is 247 g/mol. The maximum absolute atomic E-state index is 13.5. The summed E-state index contributed by atoms with van der Waals surface area (Å²) in [4.78, 5) is 11.3. The second-order valence-corrected chi connectivity index (χ2v) is 4.12. The zero-order chi connectivity index (χ0) is 14.3. The van der Waals surface area contributed by atoms with Gasteiger partial charge >= 0.3 is 6.09 Å². The van der Waals surface area contributed by atoms with Gasteiger partial charge in [0.05, 0.1) is 12.6 Å². The number of rotatable bonds is 3. The predicted octanol–water partition coefficient (Wildman–Crippen LogP) is 1.77. The van der Waals surface area contributed by atoms with Crippen molar-refractivity contribution in [1.82, 2.24) is 5.32 Å². The van der Waals surface area contributed by atoms with Crippen molar-refractivity contribution < 1.29 is 13.9 Å². The van der Waals surface area contributed by atoms with E-state index in [1.807, 2.05) is 0 Å². The molecule has 0 heterocycles. The molecule has 0 aliphatic heterocycles. The number of nitrogens with one attached hydrogen (secondary N) is 1. The average Bonchev–Trinajstić information content (AvgIpc) is 2.35. The van der Waals surface area contributed by atoms with E-state index in [9.17, 15) is 9.18 Å². The Kier molecular flexibility index (Phi) is 5.83. The number of benzene rings is 1. The van der Waals surface area contributed by atoms with Gasteiger partial charge in [0.2, 0.25) is 0 Å². The molecule has 0 saturated carbocycles. The number of ether oxygens (including phenoxy) is 1. The fraction of sp³-hybridized carbons (Fsp3) is 0.357. The number of alkyl carbamates (subject to hydrolysis) is 1. The smallest absolute Gasteiger partial charge is 0.407 e. The highest BCUT2D eigenvalue weighted by atomic mass is 19.1. The molecule has 0 spiro atoms. The minimum Gasteiger partial charge on any atom is -0.447 e. The van der Waals surface area contributed by atoms with Crippen LogP contribution in [0.1, 0.15) is 25.0 Å². The first-order valence-corrected chi connectivity index (χ1v) is 5.94. The molecule has 1 amide bonds. The van der Waals surface area contributed by atoms with Crippen LogP contribution in [0.3, 0.4) is 0 Å². The molecule has 102 valence electrons. The second-order valence-electron chi connectivity index (χ2n) is 4.12. The van der Waals surface area contributed by atoms with Gasteiger partial charge in [-0.25, -0.2) is 9.18 Å². The van der Waals surface area contributed by atoms with Crippen LogP contribution in [-0.2, 0) is 11.3 Å².